The Morgan fingerprint density at radius 3 is 2.68 bits per heavy atom. The van der Waals surface area contributed by atoms with Gasteiger partial charge in [-0.25, -0.2) is 9.59 Å². The summed E-state index contributed by atoms with van der Waals surface area (Å²) in [6.07, 6.45) is 2.13. The summed E-state index contributed by atoms with van der Waals surface area (Å²) in [5.41, 5.74) is 0. The summed E-state index contributed by atoms with van der Waals surface area (Å²) in [5.74, 6) is -0.0638. The maximum Gasteiger partial charge on any atom is 0.326 e. The second kappa shape index (κ2) is 7.03. The van der Waals surface area contributed by atoms with Crippen molar-refractivity contribution < 1.29 is 14.7 Å². The zero-order valence-electron chi connectivity index (χ0n) is 11.9. The van der Waals surface area contributed by atoms with Crippen LogP contribution in [-0.2, 0) is 4.79 Å². The first kappa shape index (κ1) is 16.1. The van der Waals surface area contributed by atoms with Crippen molar-refractivity contribution in [1.29, 1.82) is 0 Å². The van der Waals surface area contributed by atoms with Gasteiger partial charge in [0, 0.05) is 23.6 Å². The summed E-state index contributed by atoms with van der Waals surface area (Å²) in [5, 5.41) is 11.7. The lowest BCUT2D eigenvalue weighted by atomic mass is 10.1. The number of hydrogen-bond acceptors (Lipinski definition) is 3. The molecule has 0 radical (unpaired) electrons. The molecule has 1 aliphatic heterocycles. The van der Waals surface area contributed by atoms with Crippen LogP contribution in [-0.4, -0.2) is 51.6 Å². The van der Waals surface area contributed by atoms with E-state index >= 15 is 0 Å². The minimum absolute atomic E-state index is 0.185. The van der Waals surface area contributed by atoms with E-state index in [0.29, 0.717) is 19.5 Å². The zero-order chi connectivity index (χ0) is 14.5. The molecule has 1 atom stereocenters. The molecule has 1 fully saturated rings. The van der Waals surface area contributed by atoms with Gasteiger partial charge >= 0.3 is 12.0 Å². The molecule has 0 bridgehead atoms. The van der Waals surface area contributed by atoms with Gasteiger partial charge in [-0.15, -0.1) is 0 Å². The Morgan fingerprint density at radius 1 is 1.42 bits per heavy atom. The van der Waals surface area contributed by atoms with Gasteiger partial charge in [0.2, 0.25) is 0 Å². The number of nitrogens with zero attached hydrogens (tertiary/aromatic N) is 1. The Balaban J connectivity index is 2.54. The van der Waals surface area contributed by atoms with E-state index in [1.807, 2.05) is 18.7 Å². The smallest absolute Gasteiger partial charge is 0.326 e. The predicted octanol–water partition coefficient (Wildman–Crippen LogP) is 2.17. The van der Waals surface area contributed by atoms with Crippen LogP contribution >= 0.6 is 11.8 Å². The Hall–Kier alpha value is -0.910. The van der Waals surface area contributed by atoms with E-state index in [4.69, 9.17) is 5.11 Å². The van der Waals surface area contributed by atoms with Crippen molar-refractivity contribution in [2.45, 2.75) is 50.8 Å². The number of carbonyl (C=O) groups is 2. The molecule has 1 rings (SSSR count). The second-order valence-electron chi connectivity index (χ2n) is 5.47. The molecule has 0 saturated carbocycles. The summed E-state index contributed by atoms with van der Waals surface area (Å²) >= 11 is 1.86. The van der Waals surface area contributed by atoms with E-state index in [1.165, 1.54) is 0 Å². The van der Waals surface area contributed by atoms with Crippen molar-refractivity contribution >= 4 is 23.8 Å². The fourth-order valence-electron chi connectivity index (χ4n) is 2.01. The molecule has 0 aliphatic carbocycles. The van der Waals surface area contributed by atoms with Gasteiger partial charge in [0.15, 0.2) is 0 Å². The Bertz CT molecular complexity index is 334. The minimum atomic E-state index is -0.959. The van der Waals surface area contributed by atoms with Crippen LogP contribution in [0.4, 0.5) is 4.79 Å². The van der Waals surface area contributed by atoms with Gasteiger partial charge in [-0.1, -0.05) is 27.2 Å². The number of carboxylic acid groups (broad SMARTS) is 1. The third kappa shape index (κ3) is 5.30. The first-order chi connectivity index (χ1) is 8.85. The third-order valence-corrected chi connectivity index (χ3v) is 4.67. The standard InChI is InChI=1S/C13H24N2O3S/c1-4-5-10(11(16)17)14-12(18)15-7-6-13(2,3)19-9-8-15/h10H,4-9H2,1-3H3,(H,14,18)(H,16,17)/t10-/m0/s1. The molecule has 19 heavy (non-hydrogen) atoms. The van der Waals surface area contributed by atoms with Gasteiger partial charge in [0.25, 0.3) is 0 Å². The zero-order valence-corrected chi connectivity index (χ0v) is 12.8. The van der Waals surface area contributed by atoms with Crippen molar-refractivity contribution in [3.05, 3.63) is 0 Å². The second-order valence-corrected chi connectivity index (χ2v) is 7.28. The highest BCUT2D eigenvalue weighted by Gasteiger charge is 2.27. The largest absolute Gasteiger partial charge is 0.480 e. The average molecular weight is 288 g/mol. The highest BCUT2D eigenvalue weighted by molar-refractivity contribution is 8.00. The summed E-state index contributed by atoms with van der Waals surface area (Å²) in [6.45, 7) is 7.63. The van der Waals surface area contributed by atoms with Gasteiger partial charge in [0.05, 0.1) is 0 Å². The molecule has 0 unspecified atom stereocenters. The number of rotatable bonds is 4. The molecular formula is C13H24N2O3S. The minimum Gasteiger partial charge on any atom is -0.480 e. The lowest BCUT2D eigenvalue weighted by Crippen LogP contribution is -2.48. The van der Waals surface area contributed by atoms with E-state index < -0.39 is 12.0 Å². The monoisotopic (exact) mass is 288 g/mol. The molecule has 0 spiro atoms. The van der Waals surface area contributed by atoms with Gasteiger partial charge in [-0.2, -0.15) is 11.8 Å². The number of amides is 2. The van der Waals surface area contributed by atoms with E-state index in [0.717, 1.165) is 18.6 Å². The van der Waals surface area contributed by atoms with Crippen LogP contribution in [0.3, 0.4) is 0 Å². The lowest BCUT2D eigenvalue weighted by molar-refractivity contribution is -0.139. The summed E-state index contributed by atoms with van der Waals surface area (Å²) in [4.78, 5) is 24.9. The van der Waals surface area contributed by atoms with Gasteiger partial charge < -0.3 is 15.3 Å². The Kier molecular flexibility index (Phi) is 5.97. The van der Waals surface area contributed by atoms with Crippen molar-refractivity contribution in [2.24, 2.45) is 0 Å². The van der Waals surface area contributed by atoms with Crippen LogP contribution < -0.4 is 5.32 Å². The number of urea groups is 1. The van der Waals surface area contributed by atoms with E-state index in [1.54, 1.807) is 4.90 Å². The van der Waals surface area contributed by atoms with Crippen LogP contribution in [0.2, 0.25) is 0 Å². The van der Waals surface area contributed by atoms with Gasteiger partial charge in [-0.05, 0) is 12.8 Å². The summed E-state index contributed by atoms with van der Waals surface area (Å²) in [7, 11) is 0. The van der Waals surface area contributed by atoms with E-state index in [-0.39, 0.29) is 10.8 Å². The normalized spacial score (nSPS) is 20.5. The Labute approximate surface area is 119 Å². The average Bonchev–Trinajstić information content (AvgIpc) is 2.49. The number of aliphatic carboxylic acids is 1. The highest BCUT2D eigenvalue weighted by Crippen LogP contribution is 2.30. The van der Waals surface area contributed by atoms with E-state index in [2.05, 4.69) is 19.2 Å². The quantitative estimate of drug-likeness (QED) is 0.832. The Morgan fingerprint density at radius 2 is 2.11 bits per heavy atom. The predicted molar refractivity (Wildman–Crippen MR) is 77.6 cm³/mol. The molecule has 1 saturated heterocycles. The van der Waals surface area contributed by atoms with Crippen LogP contribution in [0.1, 0.15) is 40.0 Å². The third-order valence-electron chi connectivity index (χ3n) is 3.30. The van der Waals surface area contributed by atoms with Crippen molar-refractivity contribution in [3.8, 4) is 0 Å². The molecule has 2 amide bonds. The summed E-state index contributed by atoms with van der Waals surface area (Å²) < 4.78 is 0.185. The van der Waals surface area contributed by atoms with Crippen molar-refractivity contribution in [3.63, 3.8) is 0 Å². The number of carbonyl (C=O) groups excluding carboxylic acids is 1. The fraction of sp³-hybridized carbons (Fsp3) is 0.846. The maximum atomic E-state index is 12.1. The van der Waals surface area contributed by atoms with Crippen LogP contribution in [0.25, 0.3) is 0 Å². The van der Waals surface area contributed by atoms with E-state index in [9.17, 15) is 9.59 Å². The first-order valence-electron chi connectivity index (χ1n) is 6.78. The highest BCUT2D eigenvalue weighted by atomic mass is 32.2. The lowest BCUT2D eigenvalue weighted by Gasteiger charge is -2.24. The molecule has 1 aliphatic rings. The maximum absolute atomic E-state index is 12.1. The topological polar surface area (TPSA) is 69.6 Å². The molecule has 0 aromatic carbocycles. The molecule has 2 N–H and O–H groups in total. The van der Waals surface area contributed by atoms with Crippen molar-refractivity contribution in [2.75, 3.05) is 18.8 Å². The van der Waals surface area contributed by atoms with Crippen LogP contribution in [0, 0.1) is 0 Å². The van der Waals surface area contributed by atoms with Crippen molar-refractivity contribution in [1.82, 2.24) is 10.2 Å². The fourth-order valence-corrected chi connectivity index (χ4v) is 3.11. The van der Waals surface area contributed by atoms with Gasteiger partial charge in [0.1, 0.15) is 6.04 Å². The van der Waals surface area contributed by atoms with Crippen LogP contribution in [0.5, 0.6) is 0 Å². The number of nitrogens with one attached hydrogen (secondary N) is 1. The summed E-state index contributed by atoms with van der Waals surface area (Å²) in [6, 6.07) is -1.03. The SMILES string of the molecule is CCC[C@H](NC(=O)N1CCSC(C)(C)CC1)C(=O)O. The molecule has 110 valence electrons. The molecule has 0 aromatic rings. The molecular weight excluding hydrogens is 264 g/mol. The molecule has 0 aromatic heterocycles. The molecule has 6 heteroatoms. The first-order valence-corrected chi connectivity index (χ1v) is 7.76. The number of carboxylic acids is 1. The molecule has 5 nitrogen and oxygen atoms in total. The number of thioether (sulfide) groups is 1. The van der Waals surface area contributed by atoms with Crippen LogP contribution in [0.15, 0.2) is 0 Å². The number of hydrogen-bond donors (Lipinski definition) is 2. The molecule has 1 heterocycles. The van der Waals surface area contributed by atoms with Gasteiger partial charge in [-0.3, -0.25) is 0 Å².